The van der Waals surface area contributed by atoms with Crippen LogP contribution in [0.2, 0.25) is 0 Å². The average molecular weight is 547 g/mol. The van der Waals surface area contributed by atoms with Gasteiger partial charge in [0.25, 0.3) is 10.0 Å². The number of aryl methyl sites for hydroxylation is 1. The molecule has 0 saturated carbocycles. The van der Waals surface area contributed by atoms with Crippen molar-refractivity contribution in [1.82, 2.24) is 5.32 Å². The number of rotatable bonds is 9. The molecule has 1 N–H and O–H groups in total. The SMILES string of the molecule is COc1cccc(N(CC(=O)N[C@@H](C)c2cccc(Br)c2)S(=O)(=O)c2cc(C)ccc2OC)c1. The Labute approximate surface area is 208 Å². The molecule has 0 unspecified atom stereocenters. The predicted molar refractivity (Wildman–Crippen MR) is 136 cm³/mol. The second-order valence-corrected chi connectivity index (χ2v) is 10.5. The van der Waals surface area contributed by atoms with Crippen molar-refractivity contribution in [1.29, 1.82) is 0 Å². The van der Waals surface area contributed by atoms with Crippen LogP contribution in [0.5, 0.6) is 11.5 Å². The number of hydrogen-bond acceptors (Lipinski definition) is 5. The summed E-state index contributed by atoms with van der Waals surface area (Å²) >= 11 is 3.43. The first-order chi connectivity index (χ1) is 16.1. The number of sulfonamides is 1. The van der Waals surface area contributed by atoms with Crippen molar-refractivity contribution in [3.63, 3.8) is 0 Å². The van der Waals surface area contributed by atoms with Gasteiger partial charge < -0.3 is 14.8 Å². The maximum Gasteiger partial charge on any atom is 0.268 e. The molecule has 0 fully saturated rings. The molecule has 0 aromatic heterocycles. The lowest BCUT2D eigenvalue weighted by molar-refractivity contribution is -0.120. The van der Waals surface area contributed by atoms with Gasteiger partial charge in [-0.25, -0.2) is 8.42 Å². The molecule has 0 saturated heterocycles. The van der Waals surface area contributed by atoms with Crippen molar-refractivity contribution in [2.75, 3.05) is 25.1 Å². The Balaban J connectivity index is 1.99. The molecule has 0 aliphatic rings. The number of halogens is 1. The zero-order valence-electron chi connectivity index (χ0n) is 19.4. The molecule has 0 aliphatic heterocycles. The van der Waals surface area contributed by atoms with Crippen LogP contribution in [0.4, 0.5) is 5.69 Å². The number of methoxy groups -OCH3 is 2. The third kappa shape index (κ3) is 5.90. The molecule has 0 spiro atoms. The number of amides is 1. The molecule has 1 amide bonds. The molecular formula is C25H27BrN2O5S. The van der Waals surface area contributed by atoms with E-state index in [1.54, 1.807) is 43.3 Å². The van der Waals surface area contributed by atoms with Gasteiger partial charge in [0.15, 0.2) is 0 Å². The Morgan fingerprint density at radius 1 is 1.03 bits per heavy atom. The van der Waals surface area contributed by atoms with Crippen LogP contribution in [0.25, 0.3) is 0 Å². The van der Waals surface area contributed by atoms with Gasteiger partial charge in [-0.1, -0.05) is 40.2 Å². The van der Waals surface area contributed by atoms with Crippen molar-refractivity contribution in [2.24, 2.45) is 0 Å². The predicted octanol–water partition coefficient (Wildman–Crippen LogP) is 4.85. The maximum atomic E-state index is 13.8. The number of nitrogens with zero attached hydrogens (tertiary/aromatic N) is 1. The van der Waals surface area contributed by atoms with Crippen molar-refractivity contribution in [3.8, 4) is 11.5 Å². The fourth-order valence-corrected chi connectivity index (χ4v) is 5.53. The van der Waals surface area contributed by atoms with Crippen molar-refractivity contribution in [2.45, 2.75) is 24.8 Å². The summed E-state index contributed by atoms with van der Waals surface area (Å²) in [5.74, 6) is 0.212. The van der Waals surface area contributed by atoms with E-state index in [-0.39, 0.29) is 16.7 Å². The van der Waals surface area contributed by atoms with Crippen LogP contribution in [0, 0.1) is 6.92 Å². The highest BCUT2D eigenvalue weighted by Crippen LogP contribution is 2.32. The number of carbonyl (C=O) groups excluding carboxylic acids is 1. The Morgan fingerprint density at radius 2 is 1.76 bits per heavy atom. The molecule has 0 bridgehead atoms. The van der Waals surface area contributed by atoms with Gasteiger partial charge in [0.1, 0.15) is 22.9 Å². The highest BCUT2D eigenvalue weighted by atomic mass is 79.9. The van der Waals surface area contributed by atoms with Crippen molar-refractivity contribution in [3.05, 3.63) is 82.3 Å². The molecule has 3 rings (SSSR count). The molecule has 7 nitrogen and oxygen atoms in total. The lowest BCUT2D eigenvalue weighted by Gasteiger charge is -2.26. The zero-order chi connectivity index (χ0) is 24.9. The minimum absolute atomic E-state index is 0.0225. The fourth-order valence-electron chi connectivity index (χ4n) is 3.46. The molecule has 3 aromatic carbocycles. The molecule has 34 heavy (non-hydrogen) atoms. The topological polar surface area (TPSA) is 84.9 Å². The van der Waals surface area contributed by atoms with Crippen LogP contribution in [0.1, 0.15) is 24.1 Å². The molecule has 1 atom stereocenters. The minimum atomic E-state index is -4.16. The molecule has 0 aliphatic carbocycles. The lowest BCUT2D eigenvalue weighted by atomic mass is 10.1. The van der Waals surface area contributed by atoms with E-state index in [0.29, 0.717) is 11.4 Å². The van der Waals surface area contributed by atoms with E-state index in [0.717, 1.165) is 19.9 Å². The highest BCUT2D eigenvalue weighted by molar-refractivity contribution is 9.10. The van der Waals surface area contributed by atoms with E-state index < -0.39 is 22.5 Å². The summed E-state index contributed by atoms with van der Waals surface area (Å²) in [6.45, 7) is 3.21. The quantitative estimate of drug-likeness (QED) is 0.414. The van der Waals surface area contributed by atoms with Gasteiger partial charge in [-0.15, -0.1) is 0 Å². The van der Waals surface area contributed by atoms with Crippen LogP contribution in [-0.4, -0.2) is 35.1 Å². The third-order valence-corrected chi connectivity index (χ3v) is 7.53. The van der Waals surface area contributed by atoms with Crippen LogP contribution in [-0.2, 0) is 14.8 Å². The van der Waals surface area contributed by atoms with E-state index in [4.69, 9.17) is 9.47 Å². The number of ether oxygens (including phenoxy) is 2. The number of nitrogens with one attached hydrogen (secondary N) is 1. The van der Waals surface area contributed by atoms with Crippen molar-refractivity contribution < 1.29 is 22.7 Å². The number of carbonyl (C=O) groups is 1. The Kier molecular flexibility index (Phi) is 8.22. The lowest BCUT2D eigenvalue weighted by Crippen LogP contribution is -2.41. The van der Waals surface area contributed by atoms with Gasteiger partial charge in [0.2, 0.25) is 5.91 Å². The van der Waals surface area contributed by atoms with Gasteiger partial charge >= 0.3 is 0 Å². The Hall–Kier alpha value is -3.04. The summed E-state index contributed by atoms with van der Waals surface area (Å²) in [4.78, 5) is 13.0. The first kappa shape index (κ1) is 25.6. The standard InChI is InChI=1S/C25H27BrN2O5S/c1-17-11-12-23(33-4)24(13-17)34(30,31)28(21-9-6-10-22(15-21)32-3)16-25(29)27-18(2)19-7-5-8-20(26)14-19/h5-15,18H,16H2,1-4H3,(H,27,29)/t18-/m0/s1. The zero-order valence-corrected chi connectivity index (χ0v) is 21.8. The van der Waals surface area contributed by atoms with E-state index in [9.17, 15) is 13.2 Å². The maximum absolute atomic E-state index is 13.8. The molecule has 0 radical (unpaired) electrons. The van der Waals surface area contributed by atoms with E-state index in [2.05, 4.69) is 21.2 Å². The first-order valence-corrected chi connectivity index (χ1v) is 12.7. The second kappa shape index (κ2) is 10.9. The summed E-state index contributed by atoms with van der Waals surface area (Å²) in [6.07, 6.45) is 0. The van der Waals surface area contributed by atoms with Gasteiger partial charge in [0.05, 0.1) is 25.9 Å². The van der Waals surface area contributed by atoms with Gasteiger partial charge in [-0.2, -0.15) is 0 Å². The largest absolute Gasteiger partial charge is 0.497 e. The van der Waals surface area contributed by atoms with Gasteiger partial charge in [-0.05, 0) is 61.4 Å². The summed E-state index contributed by atoms with van der Waals surface area (Å²) in [5, 5.41) is 2.89. The average Bonchev–Trinajstić information content (AvgIpc) is 2.82. The van der Waals surface area contributed by atoms with Crippen LogP contribution < -0.4 is 19.1 Å². The number of benzene rings is 3. The summed E-state index contributed by atoms with van der Waals surface area (Å²) in [5.41, 5.74) is 1.93. The smallest absolute Gasteiger partial charge is 0.268 e. The molecular weight excluding hydrogens is 520 g/mol. The summed E-state index contributed by atoms with van der Waals surface area (Å²) < 4.78 is 40.2. The third-order valence-electron chi connectivity index (χ3n) is 5.24. The minimum Gasteiger partial charge on any atom is -0.497 e. The van der Waals surface area contributed by atoms with Gasteiger partial charge in [-0.3, -0.25) is 9.10 Å². The van der Waals surface area contributed by atoms with E-state index in [1.807, 2.05) is 31.2 Å². The van der Waals surface area contributed by atoms with E-state index >= 15 is 0 Å². The van der Waals surface area contributed by atoms with Crippen LogP contribution in [0.3, 0.4) is 0 Å². The molecule has 180 valence electrons. The van der Waals surface area contributed by atoms with E-state index in [1.165, 1.54) is 20.3 Å². The monoisotopic (exact) mass is 546 g/mol. The first-order valence-electron chi connectivity index (χ1n) is 10.5. The number of anilines is 1. The Morgan fingerprint density at radius 3 is 2.44 bits per heavy atom. The molecule has 3 aromatic rings. The van der Waals surface area contributed by atoms with Crippen LogP contribution in [0.15, 0.2) is 76.1 Å². The summed E-state index contributed by atoms with van der Waals surface area (Å²) in [6, 6.07) is 18.7. The second-order valence-electron chi connectivity index (χ2n) is 7.71. The summed E-state index contributed by atoms with van der Waals surface area (Å²) in [7, 11) is -1.26. The van der Waals surface area contributed by atoms with Crippen LogP contribution >= 0.6 is 15.9 Å². The molecule has 9 heteroatoms. The number of hydrogen-bond donors (Lipinski definition) is 1. The molecule has 0 heterocycles. The fraction of sp³-hybridized carbons (Fsp3) is 0.240. The van der Waals surface area contributed by atoms with Gasteiger partial charge in [0, 0.05) is 10.5 Å². The highest BCUT2D eigenvalue weighted by Gasteiger charge is 2.31. The Bertz CT molecular complexity index is 1280. The normalized spacial score (nSPS) is 12.0. The van der Waals surface area contributed by atoms with Crippen molar-refractivity contribution >= 4 is 37.5 Å².